The van der Waals surface area contributed by atoms with Crippen molar-refractivity contribution in [1.29, 1.82) is 0 Å². The third-order valence-corrected chi connectivity index (χ3v) is 3.52. The summed E-state index contributed by atoms with van der Waals surface area (Å²) in [5.74, 6) is 0. The highest BCUT2D eigenvalue weighted by molar-refractivity contribution is 5.45. The highest BCUT2D eigenvalue weighted by atomic mass is 16.1. The van der Waals surface area contributed by atoms with Crippen LogP contribution < -0.4 is 10.3 Å². The minimum absolute atomic E-state index is 0.127. The molecule has 1 saturated heterocycles. The van der Waals surface area contributed by atoms with Gasteiger partial charge in [0.25, 0.3) is 0 Å². The zero-order valence-electron chi connectivity index (χ0n) is 11.1. The largest absolute Gasteiger partial charge is 0.366 e. The maximum atomic E-state index is 11.9. The van der Waals surface area contributed by atoms with Crippen LogP contribution in [0.3, 0.4) is 0 Å². The number of rotatable bonds is 4. The second kappa shape index (κ2) is 6.55. The first-order valence-corrected chi connectivity index (χ1v) is 6.88. The number of unbranched alkanes of at least 4 members (excludes halogenated alkanes) is 1. The average Bonchev–Trinajstić information content (AvgIpc) is 2.62. The number of hydrogen-bond acceptors (Lipinski definition) is 3. The summed E-state index contributed by atoms with van der Waals surface area (Å²) >= 11 is 0. The minimum atomic E-state index is 0.127. The van der Waals surface area contributed by atoms with E-state index in [9.17, 15) is 4.79 Å². The van der Waals surface area contributed by atoms with Crippen LogP contribution in [0, 0.1) is 0 Å². The Balaban J connectivity index is 1.98. The highest BCUT2D eigenvalue weighted by Crippen LogP contribution is 2.11. The predicted octanol–water partition coefficient (Wildman–Crippen LogP) is 1.97. The second-order valence-electron chi connectivity index (χ2n) is 4.84. The highest BCUT2D eigenvalue weighted by Gasteiger charge is 2.17. The van der Waals surface area contributed by atoms with Gasteiger partial charge in [0.2, 0.25) is 5.43 Å². The fourth-order valence-corrected chi connectivity index (χ4v) is 2.38. The van der Waals surface area contributed by atoms with Crippen LogP contribution in [0.5, 0.6) is 0 Å². The van der Waals surface area contributed by atoms with E-state index < -0.39 is 0 Å². The Morgan fingerprint density at radius 3 is 2.50 bits per heavy atom. The molecule has 3 nitrogen and oxygen atoms in total. The Kier molecular flexibility index (Phi) is 4.76. The molecule has 0 radical (unpaired) electrons. The Morgan fingerprint density at radius 1 is 1.06 bits per heavy atom. The number of hydrogen-bond donors (Lipinski definition) is 0. The monoisotopic (exact) mass is 246 g/mol. The molecule has 1 aromatic rings. The van der Waals surface area contributed by atoms with Crippen LogP contribution >= 0.6 is 0 Å². The zero-order chi connectivity index (χ0) is 12.8. The van der Waals surface area contributed by atoms with Gasteiger partial charge in [-0.15, -0.1) is 0 Å². The SMILES string of the molecule is CCCCN1CCN(c2cccccc2=O)CC1. The van der Waals surface area contributed by atoms with Crippen LogP contribution in [0.2, 0.25) is 0 Å². The Bertz CT molecular complexity index is 425. The Labute approximate surface area is 109 Å². The molecular weight excluding hydrogens is 224 g/mol. The van der Waals surface area contributed by atoms with E-state index in [0.29, 0.717) is 0 Å². The summed E-state index contributed by atoms with van der Waals surface area (Å²) in [6, 6.07) is 9.24. The van der Waals surface area contributed by atoms with E-state index in [2.05, 4.69) is 16.7 Å². The van der Waals surface area contributed by atoms with E-state index in [-0.39, 0.29) is 5.43 Å². The van der Waals surface area contributed by atoms with Gasteiger partial charge in [0.1, 0.15) is 0 Å². The molecule has 0 aromatic heterocycles. The van der Waals surface area contributed by atoms with Crippen molar-refractivity contribution in [2.45, 2.75) is 19.8 Å². The van der Waals surface area contributed by atoms with E-state index in [1.54, 1.807) is 6.07 Å². The van der Waals surface area contributed by atoms with Crippen LogP contribution in [0.4, 0.5) is 5.69 Å². The molecule has 0 N–H and O–H groups in total. The van der Waals surface area contributed by atoms with Crippen molar-refractivity contribution in [2.75, 3.05) is 37.6 Å². The topological polar surface area (TPSA) is 23.6 Å². The van der Waals surface area contributed by atoms with Gasteiger partial charge in [0.15, 0.2) is 0 Å². The first kappa shape index (κ1) is 13.1. The molecule has 1 aliphatic heterocycles. The average molecular weight is 246 g/mol. The molecule has 0 atom stereocenters. The maximum Gasteiger partial charge on any atom is 0.201 e. The van der Waals surface area contributed by atoms with Gasteiger partial charge in [-0.3, -0.25) is 9.69 Å². The van der Waals surface area contributed by atoms with Gasteiger partial charge in [-0.1, -0.05) is 31.5 Å². The standard InChI is InChI=1S/C15H22N2O/c1-2-3-9-16-10-12-17(13-11-16)14-7-5-4-6-8-15(14)18/h4-8H,2-3,9-13H2,1H3. The molecule has 3 heteroatoms. The Morgan fingerprint density at radius 2 is 1.78 bits per heavy atom. The first-order valence-electron chi connectivity index (χ1n) is 6.88. The van der Waals surface area contributed by atoms with E-state index in [0.717, 1.165) is 31.9 Å². The molecule has 0 saturated carbocycles. The van der Waals surface area contributed by atoms with Gasteiger partial charge < -0.3 is 4.90 Å². The third-order valence-electron chi connectivity index (χ3n) is 3.52. The molecule has 1 heterocycles. The summed E-state index contributed by atoms with van der Waals surface area (Å²) in [7, 11) is 0. The van der Waals surface area contributed by atoms with Gasteiger partial charge >= 0.3 is 0 Å². The summed E-state index contributed by atoms with van der Waals surface area (Å²) in [4.78, 5) is 16.6. The fraction of sp³-hybridized carbons (Fsp3) is 0.533. The van der Waals surface area contributed by atoms with Crippen molar-refractivity contribution in [1.82, 2.24) is 4.90 Å². The smallest absolute Gasteiger partial charge is 0.201 e. The number of piperazine rings is 1. The van der Waals surface area contributed by atoms with Gasteiger partial charge in [-0.25, -0.2) is 0 Å². The van der Waals surface area contributed by atoms with Crippen molar-refractivity contribution in [3.8, 4) is 0 Å². The summed E-state index contributed by atoms with van der Waals surface area (Å²) in [5, 5.41) is 0. The Hall–Kier alpha value is -1.35. The lowest BCUT2D eigenvalue weighted by Crippen LogP contribution is -2.47. The zero-order valence-corrected chi connectivity index (χ0v) is 11.1. The van der Waals surface area contributed by atoms with Crippen LogP contribution in [0.25, 0.3) is 0 Å². The van der Waals surface area contributed by atoms with Crippen molar-refractivity contribution >= 4 is 5.69 Å². The van der Waals surface area contributed by atoms with Gasteiger partial charge in [-0.05, 0) is 25.1 Å². The van der Waals surface area contributed by atoms with Crippen molar-refractivity contribution in [3.05, 3.63) is 40.6 Å². The van der Waals surface area contributed by atoms with E-state index in [1.165, 1.54) is 19.4 Å². The van der Waals surface area contributed by atoms with Crippen LogP contribution in [-0.2, 0) is 0 Å². The summed E-state index contributed by atoms with van der Waals surface area (Å²) in [5.41, 5.74) is 0.970. The fourth-order valence-electron chi connectivity index (χ4n) is 2.38. The molecule has 1 aliphatic rings. The lowest BCUT2D eigenvalue weighted by atomic mass is 10.2. The second-order valence-corrected chi connectivity index (χ2v) is 4.84. The molecule has 98 valence electrons. The van der Waals surface area contributed by atoms with Gasteiger partial charge in [0.05, 0.1) is 5.69 Å². The molecule has 18 heavy (non-hydrogen) atoms. The molecule has 1 fully saturated rings. The molecule has 0 bridgehead atoms. The molecule has 0 aliphatic carbocycles. The molecular formula is C15H22N2O. The van der Waals surface area contributed by atoms with Crippen molar-refractivity contribution in [2.24, 2.45) is 0 Å². The summed E-state index contributed by atoms with van der Waals surface area (Å²) in [6.07, 6.45) is 2.52. The molecule has 0 spiro atoms. The first-order chi connectivity index (χ1) is 8.81. The normalized spacial score (nSPS) is 16.8. The minimum Gasteiger partial charge on any atom is -0.366 e. The summed E-state index contributed by atoms with van der Waals surface area (Å²) < 4.78 is 0. The van der Waals surface area contributed by atoms with E-state index in [1.807, 2.05) is 24.3 Å². The van der Waals surface area contributed by atoms with Crippen molar-refractivity contribution in [3.63, 3.8) is 0 Å². The van der Waals surface area contributed by atoms with E-state index in [4.69, 9.17) is 0 Å². The molecule has 1 aromatic carbocycles. The summed E-state index contributed by atoms with van der Waals surface area (Å²) in [6.45, 7) is 7.48. The maximum absolute atomic E-state index is 11.9. The van der Waals surface area contributed by atoms with Crippen LogP contribution in [0.1, 0.15) is 19.8 Å². The van der Waals surface area contributed by atoms with Gasteiger partial charge in [-0.2, -0.15) is 0 Å². The quantitative estimate of drug-likeness (QED) is 0.811. The van der Waals surface area contributed by atoms with Crippen molar-refractivity contribution < 1.29 is 0 Å². The predicted molar refractivity (Wildman–Crippen MR) is 76.3 cm³/mol. The number of nitrogens with zero attached hydrogens (tertiary/aromatic N) is 2. The third kappa shape index (κ3) is 3.33. The van der Waals surface area contributed by atoms with Gasteiger partial charge in [0, 0.05) is 26.2 Å². The molecule has 0 unspecified atom stereocenters. The lowest BCUT2D eigenvalue weighted by molar-refractivity contribution is 0.254. The lowest BCUT2D eigenvalue weighted by Gasteiger charge is -2.35. The van der Waals surface area contributed by atoms with Crippen LogP contribution in [-0.4, -0.2) is 37.6 Å². The molecule has 2 rings (SSSR count). The number of anilines is 1. The van der Waals surface area contributed by atoms with Crippen LogP contribution in [0.15, 0.2) is 35.1 Å². The van der Waals surface area contributed by atoms with E-state index >= 15 is 0 Å². The molecule has 0 amide bonds.